The zero-order chi connectivity index (χ0) is 13.1. The van der Waals surface area contributed by atoms with E-state index in [1.54, 1.807) is 0 Å². The van der Waals surface area contributed by atoms with E-state index in [2.05, 4.69) is 36.9 Å². The first kappa shape index (κ1) is 12.9. The van der Waals surface area contributed by atoms with Crippen LogP contribution in [0.15, 0.2) is 18.2 Å². The van der Waals surface area contributed by atoms with Crippen molar-refractivity contribution in [1.82, 2.24) is 0 Å². The number of carboxylic acids is 1. The molecule has 0 amide bonds. The molecule has 0 bridgehead atoms. The summed E-state index contributed by atoms with van der Waals surface area (Å²) in [5.74, 6) is -0.692. The van der Waals surface area contributed by atoms with Crippen molar-refractivity contribution in [1.29, 1.82) is 0 Å². The van der Waals surface area contributed by atoms with Gasteiger partial charge < -0.3 is 10.0 Å². The summed E-state index contributed by atoms with van der Waals surface area (Å²) in [7, 11) is 0. The fourth-order valence-corrected chi connectivity index (χ4v) is 2.79. The van der Waals surface area contributed by atoms with Crippen molar-refractivity contribution in [2.75, 3.05) is 11.4 Å². The van der Waals surface area contributed by atoms with Crippen molar-refractivity contribution >= 4 is 11.7 Å². The second-order valence-electron chi connectivity index (χ2n) is 5.14. The minimum atomic E-state index is -0.692. The highest BCUT2D eigenvalue weighted by molar-refractivity contribution is 5.67. The molecule has 2 rings (SSSR count). The molecular formula is C15H21NO2. The first-order valence-corrected chi connectivity index (χ1v) is 6.64. The lowest BCUT2D eigenvalue weighted by molar-refractivity contribution is -0.137. The summed E-state index contributed by atoms with van der Waals surface area (Å²) in [5, 5.41) is 8.81. The van der Waals surface area contributed by atoms with Gasteiger partial charge in [-0.05, 0) is 50.3 Å². The van der Waals surface area contributed by atoms with Crippen LogP contribution in [0.5, 0.6) is 0 Å². The van der Waals surface area contributed by atoms with Gasteiger partial charge in [0, 0.05) is 24.7 Å². The van der Waals surface area contributed by atoms with Gasteiger partial charge in [0.25, 0.3) is 0 Å². The minimum Gasteiger partial charge on any atom is -0.481 e. The maximum atomic E-state index is 10.7. The Morgan fingerprint density at radius 1 is 1.44 bits per heavy atom. The van der Waals surface area contributed by atoms with Gasteiger partial charge in [-0.1, -0.05) is 12.1 Å². The molecule has 1 fully saturated rings. The zero-order valence-corrected chi connectivity index (χ0v) is 11.1. The van der Waals surface area contributed by atoms with Crippen LogP contribution in [0.25, 0.3) is 0 Å². The lowest BCUT2D eigenvalue weighted by Crippen LogP contribution is -2.30. The fraction of sp³-hybridized carbons (Fsp3) is 0.533. The molecule has 1 aromatic rings. The maximum Gasteiger partial charge on any atom is 0.303 e. The van der Waals surface area contributed by atoms with E-state index in [0.717, 1.165) is 25.8 Å². The fourth-order valence-electron chi connectivity index (χ4n) is 2.79. The highest BCUT2D eigenvalue weighted by Crippen LogP contribution is 2.31. The molecule has 18 heavy (non-hydrogen) atoms. The van der Waals surface area contributed by atoms with E-state index < -0.39 is 5.97 Å². The molecule has 1 heterocycles. The lowest BCUT2D eigenvalue weighted by Gasteiger charge is -2.28. The van der Waals surface area contributed by atoms with Gasteiger partial charge in [-0.3, -0.25) is 4.79 Å². The van der Waals surface area contributed by atoms with Gasteiger partial charge in [0.1, 0.15) is 0 Å². The van der Waals surface area contributed by atoms with Crippen molar-refractivity contribution < 1.29 is 9.90 Å². The summed E-state index contributed by atoms with van der Waals surface area (Å²) in [4.78, 5) is 13.1. The molecule has 1 aliphatic rings. The van der Waals surface area contributed by atoms with Gasteiger partial charge in [-0.2, -0.15) is 0 Å². The standard InChI is InChI=1S/C15H21NO2/c1-11-5-3-7-14(12(11)2)16-10-4-6-13(16)8-9-15(17)18/h3,5,7,13H,4,6,8-10H2,1-2H3,(H,17,18). The van der Waals surface area contributed by atoms with Crippen LogP contribution in [-0.4, -0.2) is 23.7 Å². The van der Waals surface area contributed by atoms with Crippen molar-refractivity contribution in [3.8, 4) is 0 Å². The number of nitrogens with zero attached hydrogens (tertiary/aromatic N) is 1. The molecule has 1 aliphatic heterocycles. The highest BCUT2D eigenvalue weighted by Gasteiger charge is 2.26. The third-order valence-electron chi connectivity index (χ3n) is 3.95. The average Bonchev–Trinajstić information content (AvgIpc) is 2.78. The third-order valence-corrected chi connectivity index (χ3v) is 3.95. The van der Waals surface area contributed by atoms with Crippen molar-refractivity contribution in [2.24, 2.45) is 0 Å². The predicted octanol–water partition coefficient (Wildman–Crippen LogP) is 3.14. The number of anilines is 1. The Morgan fingerprint density at radius 3 is 2.94 bits per heavy atom. The molecule has 3 heteroatoms. The van der Waals surface area contributed by atoms with Crippen LogP contribution in [0.2, 0.25) is 0 Å². The number of aliphatic carboxylic acids is 1. The van der Waals surface area contributed by atoms with E-state index in [9.17, 15) is 4.79 Å². The maximum absolute atomic E-state index is 10.7. The Morgan fingerprint density at radius 2 is 2.22 bits per heavy atom. The quantitative estimate of drug-likeness (QED) is 0.888. The molecule has 98 valence electrons. The molecule has 0 aromatic heterocycles. The Bertz CT molecular complexity index is 442. The summed E-state index contributed by atoms with van der Waals surface area (Å²) < 4.78 is 0. The van der Waals surface area contributed by atoms with E-state index in [0.29, 0.717) is 6.04 Å². The second kappa shape index (κ2) is 5.42. The molecule has 1 unspecified atom stereocenters. The largest absolute Gasteiger partial charge is 0.481 e. The molecule has 0 radical (unpaired) electrons. The van der Waals surface area contributed by atoms with Crippen LogP contribution in [-0.2, 0) is 4.79 Å². The number of carbonyl (C=O) groups is 1. The van der Waals surface area contributed by atoms with Crippen LogP contribution in [0.3, 0.4) is 0 Å². The SMILES string of the molecule is Cc1cccc(N2CCCC2CCC(=O)O)c1C. The number of hydrogen-bond donors (Lipinski definition) is 1. The molecule has 0 saturated carbocycles. The summed E-state index contributed by atoms with van der Waals surface area (Å²) >= 11 is 0. The van der Waals surface area contributed by atoms with Gasteiger partial charge in [0.05, 0.1) is 0 Å². The molecule has 1 aromatic carbocycles. The summed E-state index contributed by atoms with van der Waals surface area (Å²) in [6.07, 6.45) is 3.30. The van der Waals surface area contributed by atoms with Gasteiger partial charge >= 0.3 is 5.97 Å². The van der Waals surface area contributed by atoms with Gasteiger partial charge in [-0.15, -0.1) is 0 Å². The summed E-state index contributed by atoms with van der Waals surface area (Å²) in [6.45, 7) is 5.33. The topological polar surface area (TPSA) is 40.5 Å². The van der Waals surface area contributed by atoms with Crippen LogP contribution < -0.4 is 4.90 Å². The smallest absolute Gasteiger partial charge is 0.303 e. The number of carboxylic acid groups (broad SMARTS) is 1. The number of hydrogen-bond acceptors (Lipinski definition) is 2. The summed E-state index contributed by atoms with van der Waals surface area (Å²) in [5.41, 5.74) is 3.90. The molecule has 1 N–H and O–H groups in total. The van der Waals surface area contributed by atoms with E-state index in [4.69, 9.17) is 5.11 Å². The zero-order valence-electron chi connectivity index (χ0n) is 11.1. The van der Waals surface area contributed by atoms with Gasteiger partial charge in [-0.25, -0.2) is 0 Å². The van der Waals surface area contributed by atoms with E-state index >= 15 is 0 Å². The molecular weight excluding hydrogens is 226 g/mol. The van der Waals surface area contributed by atoms with Gasteiger partial charge in [0.2, 0.25) is 0 Å². The Balaban J connectivity index is 2.15. The monoisotopic (exact) mass is 247 g/mol. The molecule has 1 atom stereocenters. The summed E-state index contributed by atoms with van der Waals surface area (Å²) in [6, 6.07) is 6.76. The number of rotatable bonds is 4. The lowest BCUT2D eigenvalue weighted by atomic mass is 10.0. The molecule has 3 nitrogen and oxygen atoms in total. The van der Waals surface area contributed by atoms with Crippen LogP contribution in [0, 0.1) is 13.8 Å². The first-order valence-electron chi connectivity index (χ1n) is 6.64. The van der Waals surface area contributed by atoms with Crippen LogP contribution >= 0.6 is 0 Å². The van der Waals surface area contributed by atoms with Crippen molar-refractivity contribution in [3.63, 3.8) is 0 Å². The van der Waals surface area contributed by atoms with Gasteiger partial charge in [0.15, 0.2) is 0 Å². The van der Waals surface area contributed by atoms with E-state index in [1.807, 2.05) is 0 Å². The minimum absolute atomic E-state index is 0.270. The first-order chi connectivity index (χ1) is 8.59. The van der Waals surface area contributed by atoms with E-state index in [1.165, 1.54) is 16.8 Å². The Kier molecular flexibility index (Phi) is 3.90. The third kappa shape index (κ3) is 2.66. The predicted molar refractivity (Wildman–Crippen MR) is 73.2 cm³/mol. The molecule has 0 spiro atoms. The normalized spacial score (nSPS) is 19.2. The van der Waals surface area contributed by atoms with Crippen molar-refractivity contribution in [3.05, 3.63) is 29.3 Å². The Hall–Kier alpha value is -1.51. The molecule has 1 saturated heterocycles. The van der Waals surface area contributed by atoms with Crippen LogP contribution in [0.4, 0.5) is 5.69 Å². The Labute approximate surface area is 108 Å². The number of benzene rings is 1. The second-order valence-corrected chi connectivity index (χ2v) is 5.14. The number of aryl methyl sites for hydroxylation is 1. The average molecular weight is 247 g/mol. The van der Waals surface area contributed by atoms with Crippen LogP contribution in [0.1, 0.15) is 36.8 Å². The molecule has 0 aliphatic carbocycles. The van der Waals surface area contributed by atoms with Crippen molar-refractivity contribution in [2.45, 2.75) is 45.6 Å². The highest BCUT2D eigenvalue weighted by atomic mass is 16.4. The van der Waals surface area contributed by atoms with E-state index in [-0.39, 0.29) is 6.42 Å².